The zero-order chi connectivity index (χ0) is 11.8. The molecule has 15 heavy (non-hydrogen) atoms. The highest BCUT2D eigenvalue weighted by molar-refractivity contribution is 5.52. The summed E-state index contributed by atoms with van der Waals surface area (Å²) in [6.07, 6.45) is 0. The molecule has 0 fully saturated rings. The molecule has 0 atom stereocenters. The van der Waals surface area contributed by atoms with Crippen molar-refractivity contribution in [1.82, 2.24) is 0 Å². The standard InChI is InChI=1S/C9H10FNO4/c1-9(2,13)6-3-5(10)4-7(8(6)12)11(14)15/h3-4,12-13H,1-2H3. The molecule has 0 saturated carbocycles. The number of aliphatic hydroxyl groups is 1. The van der Waals surface area contributed by atoms with Gasteiger partial charge in [0.25, 0.3) is 0 Å². The fraction of sp³-hybridized carbons (Fsp3) is 0.333. The van der Waals surface area contributed by atoms with Gasteiger partial charge in [-0.2, -0.15) is 0 Å². The lowest BCUT2D eigenvalue weighted by Gasteiger charge is -2.18. The Hall–Kier alpha value is -1.69. The molecule has 0 aliphatic heterocycles. The number of phenols is 1. The second-order valence-electron chi connectivity index (χ2n) is 3.64. The van der Waals surface area contributed by atoms with Crippen LogP contribution in [0.5, 0.6) is 5.75 Å². The molecule has 0 unspecified atom stereocenters. The van der Waals surface area contributed by atoms with Crippen molar-refractivity contribution in [2.45, 2.75) is 19.4 Å². The van der Waals surface area contributed by atoms with E-state index in [9.17, 15) is 24.7 Å². The predicted molar refractivity (Wildman–Crippen MR) is 50.0 cm³/mol. The number of nitro groups is 1. The second-order valence-corrected chi connectivity index (χ2v) is 3.64. The van der Waals surface area contributed by atoms with Gasteiger partial charge in [-0.1, -0.05) is 0 Å². The number of hydrogen-bond acceptors (Lipinski definition) is 4. The van der Waals surface area contributed by atoms with Crippen molar-refractivity contribution in [3.05, 3.63) is 33.6 Å². The van der Waals surface area contributed by atoms with E-state index >= 15 is 0 Å². The van der Waals surface area contributed by atoms with Crippen molar-refractivity contribution >= 4 is 5.69 Å². The minimum absolute atomic E-state index is 0.214. The maximum Gasteiger partial charge on any atom is 0.314 e. The number of halogens is 1. The van der Waals surface area contributed by atoms with E-state index in [1.165, 1.54) is 13.8 Å². The molecule has 1 aromatic rings. The number of nitrogens with zero attached hydrogens (tertiary/aromatic N) is 1. The summed E-state index contributed by atoms with van der Waals surface area (Å²) >= 11 is 0. The first-order valence-electron chi connectivity index (χ1n) is 4.13. The van der Waals surface area contributed by atoms with Gasteiger partial charge in [0.05, 0.1) is 16.6 Å². The smallest absolute Gasteiger partial charge is 0.314 e. The summed E-state index contributed by atoms with van der Waals surface area (Å²) in [6, 6.07) is 1.47. The molecular weight excluding hydrogens is 205 g/mol. The molecule has 0 saturated heterocycles. The van der Waals surface area contributed by atoms with Crippen LogP contribution < -0.4 is 0 Å². The molecule has 0 amide bonds. The molecule has 0 heterocycles. The van der Waals surface area contributed by atoms with E-state index in [-0.39, 0.29) is 5.56 Å². The van der Waals surface area contributed by atoms with Gasteiger partial charge in [-0.05, 0) is 19.9 Å². The van der Waals surface area contributed by atoms with Crippen LogP contribution in [0.4, 0.5) is 10.1 Å². The van der Waals surface area contributed by atoms with Gasteiger partial charge >= 0.3 is 5.69 Å². The number of hydrogen-bond donors (Lipinski definition) is 2. The first kappa shape index (κ1) is 11.4. The Morgan fingerprint density at radius 1 is 1.47 bits per heavy atom. The third-order valence-corrected chi connectivity index (χ3v) is 1.91. The Bertz CT molecular complexity index is 411. The highest BCUT2D eigenvalue weighted by Gasteiger charge is 2.27. The quantitative estimate of drug-likeness (QED) is 0.580. The van der Waals surface area contributed by atoms with Crippen LogP contribution in [0.2, 0.25) is 0 Å². The predicted octanol–water partition coefficient (Wildman–Crippen LogP) is 1.67. The molecule has 0 spiro atoms. The Labute approximate surface area is 84.9 Å². The SMILES string of the molecule is CC(C)(O)c1cc(F)cc([N+](=O)[O-])c1O. The van der Waals surface area contributed by atoms with E-state index in [1.54, 1.807) is 0 Å². The molecule has 0 bridgehead atoms. The van der Waals surface area contributed by atoms with Crippen LogP contribution in [-0.2, 0) is 5.60 Å². The van der Waals surface area contributed by atoms with Gasteiger partial charge in [-0.15, -0.1) is 0 Å². The lowest BCUT2D eigenvalue weighted by molar-refractivity contribution is -0.386. The van der Waals surface area contributed by atoms with Gasteiger partial charge in [0.2, 0.25) is 5.75 Å². The summed E-state index contributed by atoms with van der Waals surface area (Å²) < 4.78 is 13.0. The van der Waals surface area contributed by atoms with Crippen LogP contribution in [0, 0.1) is 15.9 Å². The van der Waals surface area contributed by atoms with Crippen molar-refractivity contribution in [3.8, 4) is 5.75 Å². The summed E-state index contributed by atoms with van der Waals surface area (Å²) in [5, 5.41) is 29.5. The van der Waals surface area contributed by atoms with E-state index < -0.39 is 27.8 Å². The van der Waals surface area contributed by atoms with E-state index in [4.69, 9.17) is 0 Å². The van der Waals surface area contributed by atoms with Gasteiger partial charge < -0.3 is 10.2 Å². The topological polar surface area (TPSA) is 83.6 Å². The minimum atomic E-state index is -1.54. The van der Waals surface area contributed by atoms with Gasteiger partial charge in [0.1, 0.15) is 5.82 Å². The molecule has 0 aliphatic carbocycles. The van der Waals surface area contributed by atoms with Crippen molar-refractivity contribution in [3.63, 3.8) is 0 Å². The zero-order valence-electron chi connectivity index (χ0n) is 8.19. The number of nitro benzene ring substituents is 1. The van der Waals surface area contributed by atoms with Crippen molar-refractivity contribution < 1.29 is 19.5 Å². The second kappa shape index (κ2) is 3.47. The van der Waals surface area contributed by atoms with Crippen LogP contribution in [-0.4, -0.2) is 15.1 Å². The third kappa shape index (κ3) is 2.21. The average molecular weight is 215 g/mol. The lowest BCUT2D eigenvalue weighted by atomic mass is 9.96. The van der Waals surface area contributed by atoms with Crippen LogP contribution in [0.3, 0.4) is 0 Å². The van der Waals surface area contributed by atoms with E-state index in [2.05, 4.69) is 0 Å². The highest BCUT2D eigenvalue weighted by atomic mass is 19.1. The molecule has 82 valence electrons. The Morgan fingerprint density at radius 3 is 2.40 bits per heavy atom. The van der Waals surface area contributed by atoms with E-state index in [1.807, 2.05) is 0 Å². The van der Waals surface area contributed by atoms with E-state index in [0.29, 0.717) is 6.07 Å². The molecule has 1 rings (SSSR count). The molecule has 0 aliphatic rings. The normalized spacial score (nSPS) is 11.5. The number of rotatable bonds is 2. The van der Waals surface area contributed by atoms with Crippen molar-refractivity contribution in [2.24, 2.45) is 0 Å². The summed E-state index contributed by atoms with van der Waals surface area (Å²) in [5.41, 5.74) is -2.52. The molecule has 5 nitrogen and oxygen atoms in total. The minimum Gasteiger partial charge on any atom is -0.502 e. The van der Waals surface area contributed by atoms with E-state index in [0.717, 1.165) is 6.07 Å². The molecular formula is C9H10FNO4. The molecule has 6 heteroatoms. The maximum absolute atomic E-state index is 13.0. The lowest BCUT2D eigenvalue weighted by Crippen LogP contribution is -2.16. The van der Waals surface area contributed by atoms with Crippen molar-refractivity contribution in [2.75, 3.05) is 0 Å². The monoisotopic (exact) mass is 215 g/mol. The van der Waals surface area contributed by atoms with Gasteiger partial charge in [-0.3, -0.25) is 10.1 Å². The molecule has 1 aromatic carbocycles. The van der Waals surface area contributed by atoms with Crippen LogP contribution in [0.25, 0.3) is 0 Å². The summed E-state index contributed by atoms with van der Waals surface area (Å²) in [4.78, 5) is 9.54. The largest absolute Gasteiger partial charge is 0.502 e. The molecule has 0 radical (unpaired) electrons. The van der Waals surface area contributed by atoms with Gasteiger partial charge in [-0.25, -0.2) is 4.39 Å². The van der Waals surface area contributed by atoms with Gasteiger partial charge in [0.15, 0.2) is 0 Å². The fourth-order valence-corrected chi connectivity index (χ4v) is 1.19. The Morgan fingerprint density at radius 2 is 2.00 bits per heavy atom. The van der Waals surface area contributed by atoms with Gasteiger partial charge in [0, 0.05) is 5.56 Å². The first-order valence-corrected chi connectivity index (χ1v) is 4.13. The van der Waals surface area contributed by atoms with Crippen LogP contribution >= 0.6 is 0 Å². The number of benzene rings is 1. The summed E-state index contributed by atoms with van der Waals surface area (Å²) in [5.74, 6) is -1.59. The highest BCUT2D eigenvalue weighted by Crippen LogP contribution is 2.36. The first-order chi connectivity index (χ1) is 6.73. The average Bonchev–Trinajstić information content (AvgIpc) is 2.06. The maximum atomic E-state index is 13.0. The number of phenolic OH excluding ortho intramolecular Hbond substituents is 1. The number of aromatic hydroxyl groups is 1. The Balaban J connectivity index is 3.49. The summed E-state index contributed by atoms with van der Waals surface area (Å²) in [6.45, 7) is 2.59. The Kier molecular flexibility index (Phi) is 2.63. The molecule has 2 N–H and O–H groups in total. The third-order valence-electron chi connectivity index (χ3n) is 1.91. The zero-order valence-corrected chi connectivity index (χ0v) is 8.19. The van der Waals surface area contributed by atoms with Crippen molar-refractivity contribution in [1.29, 1.82) is 0 Å². The van der Waals surface area contributed by atoms with Crippen LogP contribution in [0.1, 0.15) is 19.4 Å². The fourth-order valence-electron chi connectivity index (χ4n) is 1.19. The molecule has 0 aromatic heterocycles. The summed E-state index contributed by atoms with van der Waals surface area (Å²) in [7, 11) is 0. The van der Waals surface area contributed by atoms with Crippen LogP contribution in [0.15, 0.2) is 12.1 Å².